The molecule has 1 aromatic heterocycles. The van der Waals surface area contributed by atoms with Gasteiger partial charge in [-0.05, 0) is 13.8 Å². The van der Waals surface area contributed by atoms with Crippen LogP contribution in [0.1, 0.15) is 13.8 Å². The Morgan fingerprint density at radius 1 is 1.47 bits per heavy atom. The monoisotopic (exact) mass is 209 g/mol. The van der Waals surface area contributed by atoms with Crippen molar-refractivity contribution in [1.29, 1.82) is 0 Å². The summed E-state index contributed by atoms with van der Waals surface area (Å²) in [6, 6.07) is 2.29. The van der Waals surface area contributed by atoms with Crippen molar-refractivity contribution in [3.05, 3.63) is 12.4 Å². The van der Waals surface area contributed by atoms with E-state index in [2.05, 4.69) is 29.1 Å². The van der Waals surface area contributed by atoms with Gasteiger partial charge in [0.2, 0.25) is 0 Å². The normalized spacial score (nSPS) is 10.5. The minimum atomic E-state index is 0.368. The van der Waals surface area contributed by atoms with E-state index in [1.807, 2.05) is 18.0 Å². The number of rotatable bonds is 5. The molecule has 0 radical (unpaired) electrons. The van der Waals surface area contributed by atoms with Crippen LogP contribution in [0.4, 0.5) is 11.6 Å². The lowest BCUT2D eigenvalue weighted by Gasteiger charge is -2.17. The van der Waals surface area contributed by atoms with Gasteiger partial charge >= 0.3 is 0 Å². The minimum Gasteiger partial charge on any atom is -0.368 e. The summed E-state index contributed by atoms with van der Waals surface area (Å²) in [5, 5.41) is 3.23. The van der Waals surface area contributed by atoms with Gasteiger partial charge in [-0.3, -0.25) is 0 Å². The first-order valence-corrected chi connectivity index (χ1v) is 5.13. The summed E-state index contributed by atoms with van der Waals surface area (Å²) in [4.78, 5) is 10.3. The van der Waals surface area contributed by atoms with Crippen molar-refractivity contribution >= 4 is 11.6 Å². The fourth-order valence-electron chi connectivity index (χ4n) is 1.24. The van der Waals surface area contributed by atoms with E-state index in [0.717, 1.165) is 18.2 Å². The van der Waals surface area contributed by atoms with Crippen LogP contribution in [-0.2, 0) is 0 Å². The first-order valence-electron chi connectivity index (χ1n) is 5.13. The van der Waals surface area contributed by atoms with Crippen molar-refractivity contribution in [2.75, 3.05) is 30.4 Å². The fourth-order valence-corrected chi connectivity index (χ4v) is 1.24. The van der Waals surface area contributed by atoms with Crippen LogP contribution < -0.4 is 16.0 Å². The molecule has 1 aromatic rings. The molecule has 0 bridgehead atoms. The average molecular weight is 209 g/mol. The number of hydrogen-bond acceptors (Lipinski definition) is 5. The Labute approximate surface area is 90.7 Å². The molecule has 0 spiro atoms. The summed E-state index contributed by atoms with van der Waals surface area (Å²) in [5.41, 5.74) is 5.48. The summed E-state index contributed by atoms with van der Waals surface area (Å²) < 4.78 is 0. The molecule has 5 nitrogen and oxygen atoms in total. The van der Waals surface area contributed by atoms with Gasteiger partial charge in [-0.15, -0.1) is 0 Å². The van der Waals surface area contributed by atoms with E-state index >= 15 is 0 Å². The predicted octanol–water partition coefficient (Wildman–Crippen LogP) is 0.692. The van der Waals surface area contributed by atoms with Gasteiger partial charge in [-0.1, -0.05) is 0 Å². The lowest BCUT2D eigenvalue weighted by Crippen LogP contribution is -2.26. The Morgan fingerprint density at radius 3 is 2.80 bits per heavy atom. The fraction of sp³-hybridized carbons (Fsp3) is 0.600. The van der Waals surface area contributed by atoms with E-state index < -0.39 is 0 Å². The quantitative estimate of drug-likeness (QED) is 0.747. The van der Waals surface area contributed by atoms with E-state index in [0.29, 0.717) is 12.6 Å². The molecule has 5 heteroatoms. The van der Waals surface area contributed by atoms with Crippen LogP contribution in [0, 0.1) is 0 Å². The predicted molar refractivity (Wildman–Crippen MR) is 63.1 cm³/mol. The SMILES string of the molecule is CC(C)Nc1cc(N(C)CCN)ncn1. The van der Waals surface area contributed by atoms with Crippen molar-refractivity contribution in [3.8, 4) is 0 Å². The van der Waals surface area contributed by atoms with Crippen molar-refractivity contribution < 1.29 is 0 Å². The summed E-state index contributed by atoms with van der Waals surface area (Å²) >= 11 is 0. The van der Waals surface area contributed by atoms with Gasteiger partial charge in [0.1, 0.15) is 18.0 Å². The third kappa shape index (κ3) is 3.71. The Hall–Kier alpha value is -1.36. The highest BCUT2D eigenvalue weighted by molar-refractivity contribution is 5.48. The van der Waals surface area contributed by atoms with Crippen LogP contribution >= 0.6 is 0 Å². The smallest absolute Gasteiger partial charge is 0.133 e. The molecule has 0 unspecified atom stereocenters. The molecule has 0 aliphatic heterocycles. The summed E-state index contributed by atoms with van der Waals surface area (Å²) in [5.74, 6) is 1.73. The molecule has 1 rings (SSSR count). The molecule has 84 valence electrons. The zero-order chi connectivity index (χ0) is 11.3. The van der Waals surface area contributed by atoms with Crippen LogP contribution in [0.25, 0.3) is 0 Å². The zero-order valence-corrected chi connectivity index (χ0v) is 9.57. The number of likely N-dealkylation sites (N-methyl/N-ethyl adjacent to an activating group) is 1. The molecule has 15 heavy (non-hydrogen) atoms. The van der Waals surface area contributed by atoms with E-state index in [-0.39, 0.29) is 0 Å². The van der Waals surface area contributed by atoms with E-state index in [9.17, 15) is 0 Å². The third-order valence-electron chi connectivity index (χ3n) is 1.94. The molecule has 0 saturated carbocycles. The van der Waals surface area contributed by atoms with Crippen molar-refractivity contribution in [3.63, 3.8) is 0 Å². The minimum absolute atomic E-state index is 0.368. The van der Waals surface area contributed by atoms with Crippen molar-refractivity contribution in [2.45, 2.75) is 19.9 Å². The zero-order valence-electron chi connectivity index (χ0n) is 9.57. The van der Waals surface area contributed by atoms with Crippen LogP contribution in [0.3, 0.4) is 0 Å². The Balaban J connectivity index is 2.73. The molecule has 3 N–H and O–H groups in total. The van der Waals surface area contributed by atoms with Gasteiger partial charge in [0, 0.05) is 32.2 Å². The van der Waals surface area contributed by atoms with E-state index in [1.54, 1.807) is 6.33 Å². The molecule has 0 fully saturated rings. The molecule has 0 atom stereocenters. The van der Waals surface area contributed by atoms with E-state index in [4.69, 9.17) is 5.73 Å². The maximum Gasteiger partial charge on any atom is 0.133 e. The number of hydrogen-bond donors (Lipinski definition) is 2. The summed E-state index contributed by atoms with van der Waals surface area (Å²) in [6.07, 6.45) is 1.56. The van der Waals surface area contributed by atoms with Gasteiger partial charge in [-0.25, -0.2) is 9.97 Å². The lowest BCUT2D eigenvalue weighted by molar-refractivity contribution is 0.855. The van der Waals surface area contributed by atoms with Crippen molar-refractivity contribution in [2.24, 2.45) is 5.73 Å². The highest BCUT2D eigenvalue weighted by Gasteiger charge is 2.03. The Kier molecular flexibility index (Phi) is 4.30. The second kappa shape index (κ2) is 5.50. The Bertz CT molecular complexity index is 300. The standard InChI is InChI=1S/C10H19N5/c1-8(2)14-9-6-10(13-7-12-9)15(3)5-4-11/h6-8H,4-5,11H2,1-3H3,(H,12,13,14). The molecule has 0 saturated heterocycles. The van der Waals surface area contributed by atoms with Gasteiger partial charge in [0.25, 0.3) is 0 Å². The van der Waals surface area contributed by atoms with Gasteiger partial charge in [0.05, 0.1) is 0 Å². The Morgan fingerprint density at radius 2 is 2.20 bits per heavy atom. The lowest BCUT2D eigenvalue weighted by atomic mass is 10.4. The van der Waals surface area contributed by atoms with Crippen molar-refractivity contribution in [1.82, 2.24) is 9.97 Å². The molecule has 0 amide bonds. The number of anilines is 2. The summed E-state index contributed by atoms with van der Waals surface area (Å²) in [7, 11) is 1.97. The number of nitrogens with one attached hydrogen (secondary N) is 1. The van der Waals surface area contributed by atoms with Crippen LogP contribution in [0.2, 0.25) is 0 Å². The maximum absolute atomic E-state index is 5.48. The third-order valence-corrected chi connectivity index (χ3v) is 1.94. The number of aromatic nitrogens is 2. The van der Waals surface area contributed by atoms with Crippen LogP contribution in [0.5, 0.6) is 0 Å². The topological polar surface area (TPSA) is 67.1 Å². The molecular formula is C10H19N5. The first-order chi connectivity index (χ1) is 7.13. The molecule has 0 aliphatic rings. The summed E-state index contributed by atoms with van der Waals surface area (Å²) in [6.45, 7) is 5.56. The van der Waals surface area contributed by atoms with Crippen LogP contribution in [-0.4, -0.2) is 36.1 Å². The molecule has 0 aromatic carbocycles. The number of nitrogens with two attached hydrogens (primary N) is 1. The highest BCUT2D eigenvalue weighted by Crippen LogP contribution is 2.12. The highest BCUT2D eigenvalue weighted by atomic mass is 15.2. The van der Waals surface area contributed by atoms with E-state index in [1.165, 1.54) is 0 Å². The number of nitrogens with zero attached hydrogens (tertiary/aromatic N) is 3. The van der Waals surface area contributed by atoms with Gasteiger partial charge < -0.3 is 16.0 Å². The molecule has 1 heterocycles. The average Bonchev–Trinajstić information content (AvgIpc) is 2.17. The first kappa shape index (κ1) is 11.7. The maximum atomic E-state index is 5.48. The molecular weight excluding hydrogens is 190 g/mol. The second-order valence-electron chi connectivity index (χ2n) is 3.77. The largest absolute Gasteiger partial charge is 0.368 e. The van der Waals surface area contributed by atoms with Gasteiger partial charge in [0.15, 0.2) is 0 Å². The van der Waals surface area contributed by atoms with Gasteiger partial charge in [-0.2, -0.15) is 0 Å². The molecule has 0 aliphatic carbocycles. The second-order valence-corrected chi connectivity index (χ2v) is 3.77. The van der Waals surface area contributed by atoms with Crippen LogP contribution in [0.15, 0.2) is 12.4 Å².